The molecule has 2 heterocycles. The minimum absolute atomic E-state index is 0.195. The highest BCUT2D eigenvalue weighted by molar-refractivity contribution is 5.95. The summed E-state index contributed by atoms with van der Waals surface area (Å²) in [5, 5.41) is 13.3. The monoisotopic (exact) mass is 367 g/mol. The van der Waals surface area contributed by atoms with E-state index in [1.165, 1.54) is 12.1 Å². The number of aliphatic carboxylic acids is 1. The van der Waals surface area contributed by atoms with E-state index in [0.717, 1.165) is 10.6 Å². The molecule has 6 nitrogen and oxygen atoms in total. The predicted octanol–water partition coefficient (Wildman–Crippen LogP) is 2.66. The zero-order valence-corrected chi connectivity index (χ0v) is 13.8. The first kappa shape index (κ1) is 18.0. The fourth-order valence-corrected chi connectivity index (χ4v) is 3.01. The fraction of sp³-hybridized carbons (Fsp3) is 0.353. The molecular weight excluding hydrogens is 351 g/mol. The van der Waals surface area contributed by atoms with Gasteiger partial charge >= 0.3 is 12.1 Å². The zero-order chi connectivity index (χ0) is 19.1. The number of halogens is 3. The van der Waals surface area contributed by atoms with E-state index < -0.39 is 36.4 Å². The van der Waals surface area contributed by atoms with Gasteiger partial charge in [0.1, 0.15) is 0 Å². The number of aryl methyl sites for hydroxylation is 1. The van der Waals surface area contributed by atoms with E-state index in [4.69, 9.17) is 5.11 Å². The van der Waals surface area contributed by atoms with Crippen molar-refractivity contribution in [3.05, 3.63) is 47.8 Å². The third-order valence-electron chi connectivity index (χ3n) is 4.61. The molecule has 0 aliphatic carbocycles. The van der Waals surface area contributed by atoms with Gasteiger partial charge in [-0.2, -0.15) is 18.3 Å². The molecule has 1 aromatic carbocycles. The van der Waals surface area contributed by atoms with Crippen LogP contribution in [-0.2, 0) is 4.79 Å². The molecule has 1 aliphatic rings. The van der Waals surface area contributed by atoms with Crippen molar-refractivity contribution < 1.29 is 27.9 Å². The third kappa shape index (κ3) is 2.93. The van der Waals surface area contributed by atoms with Crippen molar-refractivity contribution in [3.8, 4) is 5.69 Å². The van der Waals surface area contributed by atoms with Gasteiger partial charge in [0.2, 0.25) is 0 Å². The molecule has 3 rings (SSSR count). The smallest absolute Gasteiger partial charge is 0.406 e. The molecule has 26 heavy (non-hydrogen) atoms. The first-order chi connectivity index (χ1) is 12.1. The van der Waals surface area contributed by atoms with Crippen LogP contribution in [-0.4, -0.2) is 50.9 Å². The number of carbonyl (C=O) groups is 2. The molecule has 1 unspecified atom stereocenters. The number of hydrogen-bond donors (Lipinski definition) is 1. The Morgan fingerprint density at radius 3 is 2.31 bits per heavy atom. The number of aromatic nitrogens is 2. The average Bonchev–Trinajstić information content (AvgIpc) is 3.21. The minimum atomic E-state index is -4.92. The lowest BCUT2D eigenvalue weighted by Gasteiger charge is -2.27. The van der Waals surface area contributed by atoms with Crippen LogP contribution < -0.4 is 0 Å². The summed E-state index contributed by atoms with van der Waals surface area (Å²) >= 11 is 0. The lowest BCUT2D eigenvalue weighted by molar-refractivity contribution is -0.227. The number of alkyl halides is 3. The molecule has 0 spiro atoms. The van der Waals surface area contributed by atoms with Gasteiger partial charge in [-0.1, -0.05) is 0 Å². The van der Waals surface area contributed by atoms with Gasteiger partial charge in [-0.05, 0) is 43.7 Å². The van der Waals surface area contributed by atoms with Crippen LogP contribution in [0.4, 0.5) is 13.2 Å². The van der Waals surface area contributed by atoms with E-state index >= 15 is 0 Å². The number of amides is 1. The number of hydrogen-bond acceptors (Lipinski definition) is 3. The predicted molar refractivity (Wildman–Crippen MR) is 84.9 cm³/mol. The molecule has 138 valence electrons. The third-order valence-corrected chi connectivity index (χ3v) is 4.61. The van der Waals surface area contributed by atoms with Crippen molar-refractivity contribution in [2.24, 2.45) is 5.41 Å². The van der Waals surface area contributed by atoms with Crippen LogP contribution in [0.3, 0.4) is 0 Å². The maximum absolute atomic E-state index is 13.2. The summed E-state index contributed by atoms with van der Waals surface area (Å²) in [5.41, 5.74) is -1.19. The van der Waals surface area contributed by atoms with E-state index in [0.29, 0.717) is 5.69 Å². The average molecular weight is 367 g/mol. The molecule has 9 heteroatoms. The Morgan fingerprint density at radius 1 is 1.19 bits per heavy atom. The molecule has 1 N–H and O–H groups in total. The molecule has 0 bridgehead atoms. The number of carboxylic acid groups (broad SMARTS) is 1. The van der Waals surface area contributed by atoms with Crippen LogP contribution in [0.5, 0.6) is 0 Å². The summed E-state index contributed by atoms with van der Waals surface area (Å²) in [6.45, 7) is 0.687. The second-order valence-electron chi connectivity index (χ2n) is 6.31. The Kier molecular flexibility index (Phi) is 4.25. The van der Waals surface area contributed by atoms with Gasteiger partial charge in [0, 0.05) is 24.8 Å². The van der Waals surface area contributed by atoms with Crippen LogP contribution in [0.2, 0.25) is 0 Å². The van der Waals surface area contributed by atoms with Crippen molar-refractivity contribution >= 4 is 11.9 Å². The van der Waals surface area contributed by atoms with Crippen LogP contribution >= 0.6 is 0 Å². The van der Waals surface area contributed by atoms with Gasteiger partial charge in [-0.15, -0.1) is 0 Å². The highest BCUT2D eigenvalue weighted by Crippen LogP contribution is 2.46. The molecule has 1 atom stereocenters. The molecule has 0 saturated carbocycles. The lowest BCUT2D eigenvalue weighted by Crippen LogP contribution is -2.47. The molecule has 0 radical (unpaired) electrons. The Bertz CT molecular complexity index is 845. The Balaban J connectivity index is 1.79. The van der Waals surface area contributed by atoms with E-state index in [-0.39, 0.29) is 12.1 Å². The topological polar surface area (TPSA) is 75.4 Å². The second kappa shape index (κ2) is 6.15. The summed E-state index contributed by atoms with van der Waals surface area (Å²) < 4.78 is 41.3. The Labute approximate surface area is 146 Å². The normalized spacial score (nSPS) is 20.4. The number of carbonyl (C=O) groups excluding carboxylic acids is 1. The van der Waals surface area contributed by atoms with Gasteiger partial charge < -0.3 is 10.0 Å². The second-order valence-corrected chi connectivity index (χ2v) is 6.31. The summed E-state index contributed by atoms with van der Waals surface area (Å²) in [7, 11) is 0. The Hall–Kier alpha value is -2.84. The molecule has 2 aromatic rings. The first-order valence-electron chi connectivity index (χ1n) is 7.86. The number of rotatable bonds is 3. The molecule has 1 aliphatic heterocycles. The van der Waals surface area contributed by atoms with Gasteiger partial charge in [-0.3, -0.25) is 9.59 Å². The summed E-state index contributed by atoms with van der Waals surface area (Å²) in [6, 6.07) is 8.05. The molecule has 1 saturated heterocycles. The number of carboxylic acids is 1. The maximum atomic E-state index is 13.2. The van der Waals surface area contributed by atoms with Crippen LogP contribution in [0.25, 0.3) is 5.69 Å². The van der Waals surface area contributed by atoms with Gasteiger partial charge in [0.25, 0.3) is 5.91 Å². The summed E-state index contributed by atoms with van der Waals surface area (Å²) in [5.74, 6) is -2.58. The van der Waals surface area contributed by atoms with E-state index in [1.807, 2.05) is 13.0 Å². The maximum Gasteiger partial charge on any atom is 0.406 e. The minimum Gasteiger partial charge on any atom is -0.481 e. The SMILES string of the molecule is Cc1ccn(-c2ccc(C(=O)N3CCC(C(=O)O)(C(F)(F)F)C3)cc2)n1. The molecular formula is C17H16F3N3O3. The highest BCUT2D eigenvalue weighted by Gasteiger charge is 2.64. The van der Waals surface area contributed by atoms with Crippen molar-refractivity contribution in [1.82, 2.24) is 14.7 Å². The zero-order valence-electron chi connectivity index (χ0n) is 13.8. The van der Waals surface area contributed by atoms with Crippen molar-refractivity contribution in [1.29, 1.82) is 0 Å². The van der Waals surface area contributed by atoms with E-state index in [9.17, 15) is 22.8 Å². The van der Waals surface area contributed by atoms with Crippen molar-refractivity contribution in [2.45, 2.75) is 19.5 Å². The van der Waals surface area contributed by atoms with Crippen LogP contribution in [0.15, 0.2) is 36.5 Å². The number of benzene rings is 1. The molecule has 1 amide bonds. The lowest BCUT2D eigenvalue weighted by atomic mass is 9.86. The van der Waals surface area contributed by atoms with E-state index in [2.05, 4.69) is 5.10 Å². The first-order valence-corrected chi connectivity index (χ1v) is 7.86. The molecule has 1 aromatic heterocycles. The van der Waals surface area contributed by atoms with Gasteiger partial charge in [0.05, 0.1) is 11.4 Å². The molecule has 1 fully saturated rings. The quantitative estimate of drug-likeness (QED) is 0.905. The number of nitrogens with zero attached hydrogens (tertiary/aromatic N) is 3. The standard InChI is InChI=1S/C17H16F3N3O3/c1-11-6-8-23(21-11)13-4-2-12(3-5-13)14(24)22-9-7-16(10-22,15(25)26)17(18,19)20/h2-6,8H,7,9-10H2,1H3,(H,25,26). The van der Waals surface area contributed by atoms with Crippen LogP contribution in [0.1, 0.15) is 22.5 Å². The largest absolute Gasteiger partial charge is 0.481 e. The van der Waals surface area contributed by atoms with Crippen molar-refractivity contribution in [2.75, 3.05) is 13.1 Å². The fourth-order valence-electron chi connectivity index (χ4n) is 3.01. The van der Waals surface area contributed by atoms with Gasteiger partial charge in [0.15, 0.2) is 5.41 Å². The van der Waals surface area contributed by atoms with Crippen molar-refractivity contribution in [3.63, 3.8) is 0 Å². The number of likely N-dealkylation sites (tertiary alicyclic amines) is 1. The summed E-state index contributed by atoms with van der Waals surface area (Å²) in [4.78, 5) is 24.6. The van der Waals surface area contributed by atoms with Crippen LogP contribution in [0, 0.1) is 12.3 Å². The Morgan fingerprint density at radius 2 is 1.85 bits per heavy atom. The highest BCUT2D eigenvalue weighted by atomic mass is 19.4. The van der Waals surface area contributed by atoms with Gasteiger partial charge in [-0.25, -0.2) is 4.68 Å². The van der Waals surface area contributed by atoms with E-state index in [1.54, 1.807) is 23.0 Å². The summed E-state index contributed by atoms with van der Waals surface area (Å²) in [6.07, 6.45) is -3.82.